The molecule has 3 rings (SSSR count). The van der Waals surface area contributed by atoms with Crippen molar-refractivity contribution in [1.82, 2.24) is 0 Å². The normalized spacial score (nSPS) is 13.1. The van der Waals surface area contributed by atoms with E-state index in [4.69, 9.17) is 21.4 Å². The minimum Gasteiger partial charge on any atom is -0.507 e. The second kappa shape index (κ2) is 7.23. The predicted molar refractivity (Wildman–Crippen MR) is 92.9 cm³/mol. The third-order valence-corrected chi connectivity index (χ3v) is 4.52. The minimum atomic E-state index is -4.76. The molecule has 6 nitrogen and oxygen atoms in total. The number of alkyl halides is 3. The van der Waals surface area contributed by atoms with Crippen molar-refractivity contribution >= 4 is 29.2 Å². The van der Waals surface area contributed by atoms with Crippen LogP contribution in [0, 0.1) is 0 Å². The first-order valence-electron chi connectivity index (χ1n) is 8.04. The van der Waals surface area contributed by atoms with Crippen molar-refractivity contribution in [1.29, 1.82) is 0 Å². The molecule has 0 aromatic heterocycles. The molecule has 10 heteroatoms. The van der Waals surface area contributed by atoms with Crippen molar-refractivity contribution in [3.05, 3.63) is 46.0 Å². The summed E-state index contributed by atoms with van der Waals surface area (Å²) in [4.78, 5) is 22.2. The molecule has 1 amide bonds. The fraction of sp³-hybridized carbons (Fsp3) is 0.222. The summed E-state index contributed by atoms with van der Waals surface area (Å²) in [5.41, 5.74) is 0.167. The number of carboxylic acid groups (broad SMARTS) is 1. The second-order valence-corrected chi connectivity index (χ2v) is 6.49. The highest BCUT2D eigenvalue weighted by molar-refractivity contribution is 6.37. The molecule has 1 aliphatic rings. The summed E-state index contributed by atoms with van der Waals surface area (Å²) in [6.07, 6.45) is -3.08. The van der Waals surface area contributed by atoms with E-state index < -0.39 is 29.4 Å². The average molecular weight is 416 g/mol. The Bertz CT molecular complexity index is 975. The van der Waals surface area contributed by atoms with Gasteiger partial charge in [0.1, 0.15) is 22.8 Å². The number of aromatic hydroxyl groups is 1. The summed E-state index contributed by atoms with van der Waals surface area (Å²) in [5.74, 6) is -3.87. The largest absolute Gasteiger partial charge is 0.507 e. The Hall–Kier alpha value is -2.94. The number of amides is 1. The number of phenolic OH excluding ortho intramolecular Hbond substituents is 1. The molecular weight excluding hydrogens is 403 g/mol. The number of hydrogen-bond donors (Lipinski definition) is 3. The van der Waals surface area contributed by atoms with Crippen LogP contribution in [0.2, 0.25) is 5.02 Å². The number of aliphatic carboxylic acids is 1. The molecule has 0 saturated carbocycles. The van der Waals surface area contributed by atoms with Gasteiger partial charge in [0.05, 0.1) is 5.02 Å². The number of nitrogens with one attached hydrogen (secondary N) is 1. The maximum absolute atomic E-state index is 13.0. The molecule has 0 saturated heterocycles. The summed E-state index contributed by atoms with van der Waals surface area (Å²) in [6.45, 7) is 0. The summed E-state index contributed by atoms with van der Waals surface area (Å²) in [7, 11) is 0. The molecular formula is C18H13ClF3NO5. The van der Waals surface area contributed by atoms with E-state index in [2.05, 4.69) is 5.32 Å². The Kier molecular flexibility index (Phi) is 5.12. The van der Waals surface area contributed by atoms with Gasteiger partial charge in [-0.2, -0.15) is 13.2 Å². The molecule has 3 N–H and O–H groups in total. The molecule has 0 fully saturated rings. The number of carbonyl (C=O) groups excluding carboxylic acids is 1. The number of ether oxygens (including phenoxy) is 1. The van der Waals surface area contributed by atoms with Crippen LogP contribution in [-0.2, 0) is 28.6 Å². The molecule has 2 aromatic rings. The molecule has 28 heavy (non-hydrogen) atoms. The van der Waals surface area contributed by atoms with Crippen LogP contribution in [-0.4, -0.2) is 22.1 Å². The lowest BCUT2D eigenvalue weighted by Gasteiger charge is -2.17. The Balaban J connectivity index is 1.99. The number of benzene rings is 2. The highest BCUT2D eigenvalue weighted by Gasteiger charge is 2.34. The molecule has 0 heterocycles. The summed E-state index contributed by atoms with van der Waals surface area (Å²) < 4.78 is 44.5. The average Bonchev–Trinajstić information content (AvgIpc) is 3.08. The third-order valence-electron chi connectivity index (χ3n) is 4.24. The lowest BCUT2D eigenvalue weighted by atomic mass is 10.1. The Morgan fingerprint density at radius 3 is 2.46 bits per heavy atom. The Morgan fingerprint density at radius 2 is 1.82 bits per heavy atom. The molecule has 148 valence electrons. The van der Waals surface area contributed by atoms with Gasteiger partial charge in [-0.15, -0.1) is 0 Å². The van der Waals surface area contributed by atoms with E-state index in [9.17, 15) is 27.9 Å². The van der Waals surface area contributed by atoms with E-state index in [0.29, 0.717) is 36.5 Å². The van der Waals surface area contributed by atoms with Crippen LogP contribution in [0.4, 0.5) is 18.9 Å². The Morgan fingerprint density at radius 1 is 1.14 bits per heavy atom. The van der Waals surface area contributed by atoms with Crippen LogP contribution in [0.25, 0.3) is 0 Å². The SMILES string of the molecule is O=C(O)C(=O)Nc1cc(Cl)c(Oc2ccc(O)c(C(F)(F)F)c2)c2c1CCC2. The molecule has 0 bridgehead atoms. The van der Waals surface area contributed by atoms with Crippen LogP contribution in [0.5, 0.6) is 17.2 Å². The molecule has 0 atom stereocenters. The summed E-state index contributed by atoms with van der Waals surface area (Å²) in [6, 6.07) is 4.00. The van der Waals surface area contributed by atoms with Crippen molar-refractivity contribution in [2.45, 2.75) is 25.4 Å². The van der Waals surface area contributed by atoms with Gasteiger partial charge in [0.25, 0.3) is 0 Å². The van der Waals surface area contributed by atoms with Crippen LogP contribution >= 0.6 is 11.6 Å². The fourth-order valence-electron chi connectivity index (χ4n) is 3.04. The van der Waals surface area contributed by atoms with E-state index in [1.165, 1.54) is 12.1 Å². The lowest BCUT2D eigenvalue weighted by Crippen LogP contribution is -2.22. The minimum absolute atomic E-state index is 0.00275. The quantitative estimate of drug-likeness (QED) is 0.647. The van der Waals surface area contributed by atoms with Gasteiger partial charge in [0, 0.05) is 11.3 Å². The first-order chi connectivity index (χ1) is 13.1. The first kappa shape index (κ1) is 19.8. The van der Waals surface area contributed by atoms with Crippen LogP contribution in [0.3, 0.4) is 0 Å². The maximum atomic E-state index is 13.0. The topological polar surface area (TPSA) is 95.9 Å². The van der Waals surface area contributed by atoms with Crippen molar-refractivity contribution in [3.63, 3.8) is 0 Å². The van der Waals surface area contributed by atoms with E-state index in [-0.39, 0.29) is 22.2 Å². The number of halogens is 4. The highest BCUT2D eigenvalue weighted by Crippen LogP contribution is 2.44. The van der Waals surface area contributed by atoms with Crippen molar-refractivity contribution in [2.75, 3.05) is 5.32 Å². The van der Waals surface area contributed by atoms with Gasteiger partial charge in [0.2, 0.25) is 0 Å². The number of carboxylic acids is 1. The van der Waals surface area contributed by atoms with Gasteiger partial charge in [-0.1, -0.05) is 11.6 Å². The number of fused-ring (bicyclic) bond motifs is 1. The number of anilines is 1. The molecule has 1 aliphatic carbocycles. The van der Waals surface area contributed by atoms with Gasteiger partial charge < -0.3 is 20.3 Å². The number of hydrogen-bond acceptors (Lipinski definition) is 4. The molecule has 0 aliphatic heterocycles. The molecule has 0 unspecified atom stereocenters. The summed E-state index contributed by atoms with van der Waals surface area (Å²) >= 11 is 6.19. The predicted octanol–water partition coefficient (Wildman–Crippen LogP) is 4.37. The van der Waals surface area contributed by atoms with Gasteiger partial charge in [-0.3, -0.25) is 4.79 Å². The smallest absolute Gasteiger partial charge is 0.420 e. The first-order valence-corrected chi connectivity index (χ1v) is 8.42. The van der Waals surface area contributed by atoms with Gasteiger partial charge in [0.15, 0.2) is 0 Å². The monoisotopic (exact) mass is 415 g/mol. The van der Waals surface area contributed by atoms with E-state index in [0.717, 1.165) is 6.07 Å². The molecule has 2 aromatic carbocycles. The Labute approximate surface area is 161 Å². The zero-order valence-corrected chi connectivity index (χ0v) is 14.8. The molecule has 0 radical (unpaired) electrons. The zero-order valence-electron chi connectivity index (χ0n) is 14.1. The lowest BCUT2D eigenvalue weighted by molar-refractivity contribution is -0.147. The fourth-order valence-corrected chi connectivity index (χ4v) is 3.30. The van der Waals surface area contributed by atoms with Gasteiger partial charge in [-0.25, -0.2) is 4.79 Å². The third kappa shape index (κ3) is 3.84. The number of carbonyl (C=O) groups is 2. The second-order valence-electron chi connectivity index (χ2n) is 6.08. The van der Waals surface area contributed by atoms with E-state index in [1.807, 2.05) is 0 Å². The number of phenols is 1. The van der Waals surface area contributed by atoms with Crippen molar-refractivity contribution < 1.29 is 37.7 Å². The van der Waals surface area contributed by atoms with Crippen molar-refractivity contribution in [2.24, 2.45) is 0 Å². The maximum Gasteiger partial charge on any atom is 0.420 e. The van der Waals surface area contributed by atoms with Crippen molar-refractivity contribution in [3.8, 4) is 17.2 Å². The zero-order chi connectivity index (χ0) is 20.6. The summed E-state index contributed by atoms with van der Waals surface area (Å²) in [5, 5.41) is 20.4. The van der Waals surface area contributed by atoms with Gasteiger partial charge >= 0.3 is 18.1 Å². The molecule has 0 spiro atoms. The van der Waals surface area contributed by atoms with E-state index >= 15 is 0 Å². The number of rotatable bonds is 3. The van der Waals surface area contributed by atoms with Crippen LogP contribution < -0.4 is 10.1 Å². The highest BCUT2D eigenvalue weighted by atomic mass is 35.5. The van der Waals surface area contributed by atoms with Crippen LogP contribution in [0.15, 0.2) is 24.3 Å². The van der Waals surface area contributed by atoms with Gasteiger partial charge in [-0.05, 0) is 49.1 Å². The van der Waals surface area contributed by atoms with Crippen LogP contribution in [0.1, 0.15) is 23.1 Å². The van der Waals surface area contributed by atoms with E-state index in [1.54, 1.807) is 0 Å². The standard InChI is InChI=1S/C18H13ClF3NO5/c19-12-7-13(23-16(25)17(26)27)9-2-1-3-10(9)15(12)28-8-4-5-14(24)11(6-8)18(20,21)22/h4-7,24H,1-3H2,(H,23,25)(H,26,27).